The summed E-state index contributed by atoms with van der Waals surface area (Å²) in [5.41, 5.74) is 7.55. The molecule has 1 aromatic carbocycles. The molecule has 0 fully saturated rings. The van der Waals surface area contributed by atoms with E-state index in [1.807, 2.05) is 0 Å². The Morgan fingerprint density at radius 3 is 2.75 bits per heavy atom. The number of nitro groups is 1. The van der Waals surface area contributed by atoms with Gasteiger partial charge in [0.15, 0.2) is 0 Å². The van der Waals surface area contributed by atoms with Crippen molar-refractivity contribution in [2.75, 3.05) is 5.73 Å². The predicted molar refractivity (Wildman–Crippen MR) is 59.8 cm³/mol. The van der Waals surface area contributed by atoms with Gasteiger partial charge in [0.2, 0.25) is 0 Å². The van der Waals surface area contributed by atoms with Crippen molar-refractivity contribution < 1.29 is 4.92 Å². The fraction of sp³-hybridized carbons (Fsp3) is 0.100. The summed E-state index contributed by atoms with van der Waals surface area (Å²) in [4.78, 5) is 10.4. The lowest BCUT2D eigenvalue weighted by Gasteiger charge is -2.00. The van der Waals surface area contributed by atoms with E-state index in [-0.39, 0.29) is 5.69 Å². The monoisotopic (exact) mass is 218 g/mol. The molecule has 6 nitrogen and oxygen atoms in total. The number of hydrogen-bond donors (Lipinski definition) is 2. The highest BCUT2D eigenvalue weighted by molar-refractivity contribution is 5.66. The van der Waals surface area contributed by atoms with Gasteiger partial charge < -0.3 is 5.73 Å². The van der Waals surface area contributed by atoms with Crippen LogP contribution in [0, 0.1) is 17.0 Å². The molecule has 16 heavy (non-hydrogen) atoms. The van der Waals surface area contributed by atoms with E-state index in [9.17, 15) is 10.1 Å². The van der Waals surface area contributed by atoms with E-state index >= 15 is 0 Å². The van der Waals surface area contributed by atoms with E-state index in [0.29, 0.717) is 22.6 Å². The second-order valence-corrected chi connectivity index (χ2v) is 3.46. The molecule has 0 saturated carbocycles. The van der Waals surface area contributed by atoms with E-state index in [4.69, 9.17) is 5.73 Å². The summed E-state index contributed by atoms with van der Waals surface area (Å²) in [5.74, 6) is 0.359. The lowest BCUT2D eigenvalue weighted by Crippen LogP contribution is -1.92. The summed E-state index contributed by atoms with van der Waals surface area (Å²) >= 11 is 0. The first-order valence-electron chi connectivity index (χ1n) is 4.64. The van der Waals surface area contributed by atoms with Gasteiger partial charge in [0, 0.05) is 23.3 Å². The van der Waals surface area contributed by atoms with E-state index in [2.05, 4.69) is 10.2 Å². The van der Waals surface area contributed by atoms with Crippen molar-refractivity contribution in [3.05, 3.63) is 39.9 Å². The Kier molecular flexibility index (Phi) is 2.32. The largest absolute Gasteiger partial charge is 0.382 e. The van der Waals surface area contributed by atoms with Crippen LogP contribution in [0.5, 0.6) is 0 Å². The van der Waals surface area contributed by atoms with Gasteiger partial charge in [0.25, 0.3) is 5.69 Å². The number of nitrogens with two attached hydrogens (primary N) is 1. The van der Waals surface area contributed by atoms with Gasteiger partial charge >= 0.3 is 0 Å². The molecule has 2 rings (SSSR count). The van der Waals surface area contributed by atoms with Crippen LogP contribution < -0.4 is 5.73 Å². The van der Waals surface area contributed by atoms with Crippen LogP contribution in [0.25, 0.3) is 11.3 Å². The lowest BCUT2D eigenvalue weighted by molar-refractivity contribution is -0.385. The Balaban J connectivity index is 2.51. The van der Waals surface area contributed by atoms with Crippen molar-refractivity contribution >= 4 is 11.5 Å². The molecule has 3 N–H and O–H groups in total. The first-order valence-corrected chi connectivity index (χ1v) is 4.64. The van der Waals surface area contributed by atoms with Gasteiger partial charge in [-0.15, -0.1) is 0 Å². The van der Waals surface area contributed by atoms with E-state index in [1.165, 1.54) is 6.07 Å². The molecule has 0 unspecified atom stereocenters. The third-order valence-electron chi connectivity index (χ3n) is 2.31. The molecule has 2 aromatic rings. The van der Waals surface area contributed by atoms with Crippen molar-refractivity contribution in [1.29, 1.82) is 0 Å². The molecule has 0 aliphatic rings. The zero-order chi connectivity index (χ0) is 11.7. The number of nitrogens with zero attached hydrogens (tertiary/aromatic N) is 2. The highest BCUT2D eigenvalue weighted by Gasteiger charge is 2.12. The maximum atomic E-state index is 10.8. The summed E-state index contributed by atoms with van der Waals surface area (Å²) < 4.78 is 0. The average molecular weight is 218 g/mol. The number of aromatic nitrogens is 2. The highest BCUT2D eigenvalue weighted by atomic mass is 16.6. The number of benzene rings is 1. The van der Waals surface area contributed by atoms with Crippen molar-refractivity contribution in [3.63, 3.8) is 0 Å². The van der Waals surface area contributed by atoms with Gasteiger partial charge in [0.1, 0.15) is 5.82 Å². The average Bonchev–Trinajstić information content (AvgIpc) is 2.65. The van der Waals surface area contributed by atoms with Gasteiger partial charge in [-0.1, -0.05) is 12.1 Å². The molecule has 0 spiro atoms. The molecule has 82 valence electrons. The van der Waals surface area contributed by atoms with Crippen LogP contribution in [0.3, 0.4) is 0 Å². The Bertz CT molecular complexity index is 548. The molecular weight excluding hydrogens is 208 g/mol. The van der Waals surface area contributed by atoms with E-state index < -0.39 is 4.92 Å². The standard InChI is InChI=1S/C10H10N4O2/c1-6-2-3-7(4-9(6)14(15)16)8-5-10(11)13-12-8/h2-5H,1H3,(H3,11,12,13). The van der Waals surface area contributed by atoms with Crippen LogP contribution in [0.1, 0.15) is 5.56 Å². The zero-order valence-electron chi connectivity index (χ0n) is 8.60. The third kappa shape index (κ3) is 1.72. The van der Waals surface area contributed by atoms with Gasteiger partial charge in [-0.25, -0.2) is 0 Å². The molecule has 6 heteroatoms. The van der Waals surface area contributed by atoms with Gasteiger partial charge in [0.05, 0.1) is 10.6 Å². The normalized spacial score (nSPS) is 10.3. The van der Waals surface area contributed by atoms with Crippen molar-refractivity contribution in [2.24, 2.45) is 0 Å². The third-order valence-corrected chi connectivity index (χ3v) is 2.31. The van der Waals surface area contributed by atoms with Crippen LogP contribution in [0.4, 0.5) is 11.5 Å². The fourth-order valence-electron chi connectivity index (χ4n) is 1.46. The van der Waals surface area contributed by atoms with E-state index in [0.717, 1.165) is 0 Å². The number of nitrogen functional groups attached to an aromatic ring is 1. The number of nitro benzene ring substituents is 1. The van der Waals surface area contributed by atoms with Crippen LogP contribution in [0.2, 0.25) is 0 Å². The van der Waals surface area contributed by atoms with Gasteiger partial charge in [-0.3, -0.25) is 15.2 Å². The molecular formula is C10H10N4O2. The number of aromatic amines is 1. The Hall–Kier alpha value is -2.37. The highest BCUT2D eigenvalue weighted by Crippen LogP contribution is 2.26. The minimum atomic E-state index is -0.404. The maximum Gasteiger partial charge on any atom is 0.272 e. The molecule has 1 heterocycles. The first kappa shape index (κ1) is 10.2. The fourth-order valence-corrected chi connectivity index (χ4v) is 1.46. The van der Waals surface area contributed by atoms with Crippen LogP contribution in [0.15, 0.2) is 24.3 Å². The minimum Gasteiger partial charge on any atom is -0.382 e. The number of hydrogen-bond acceptors (Lipinski definition) is 4. The predicted octanol–water partition coefficient (Wildman–Crippen LogP) is 1.88. The Morgan fingerprint density at radius 2 is 2.19 bits per heavy atom. The number of rotatable bonds is 2. The lowest BCUT2D eigenvalue weighted by atomic mass is 10.1. The van der Waals surface area contributed by atoms with Crippen LogP contribution >= 0.6 is 0 Å². The summed E-state index contributed by atoms with van der Waals surface area (Å²) in [7, 11) is 0. The molecule has 0 radical (unpaired) electrons. The van der Waals surface area contributed by atoms with E-state index in [1.54, 1.807) is 25.1 Å². The summed E-state index contributed by atoms with van der Waals surface area (Å²) in [6, 6.07) is 6.62. The number of H-pyrrole nitrogens is 1. The summed E-state index contributed by atoms with van der Waals surface area (Å²) in [6.07, 6.45) is 0. The number of anilines is 1. The van der Waals surface area contributed by atoms with Gasteiger partial charge in [-0.2, -0.15) is 5.10 Å². The van der Waals surface area contributed by atoms with Crippen molar-refractivity contribution in [3.8, 4) is 11.3 Å². The first-order chi connectivity index (χ1) is 7.58. The second-order valence-electron chi connectivity index (χ2n) is 3.46. The number of aryl methyl sites for hydroxylation is 1. The quantitative estimate of drug-likeness (QED) is 0.593. The molecule has 1 aromatic heterocycles. The molecule has 0 saturated heterocycles. The van der Waals surface area contributed by atoms with Crippen LogP contribution in [-0.2, 0) is 0 Å². The zero-order valence-corrected chi connectivity index (χ0v) is 8.60. The van der Waals surface area contributed by atoms with Gasteiger partial charge in [-0.05, 0) is 6.92 Å². The topological polar surface area (TPSA) is 97.8 Å². The van der Waals surface area contributed by atoms with Crippen molar-refractivity contribution in [2.45, 2.75) is 6.92 Å². The van der Waals surface area contributed by atoms with Crippen molar-refractivity contribution in [1.82, 2.24) is 10.2 Å². The second kappa shape index (κ2) is 3.65. The molecule has 0 aliphatic heterocycles. The number of nitrogens with one attached hydrogen (secondary N) is 1. The summed E-state index contributed by atoms with van der Waals surface area (Å²) in [5, 5.41) is 17.2. The molecule has 0 aliphatic carbocycles. The van der Waals surface area contributed by atoms with Crippen LogP contribution in [-0.4, -0.2) is 15.1 Å². The maximum absolute atomic E-state index is 10.8. The molecule has 0 atom stereocenters. The molecule has 0 bridgehead atoms. The smallest absolute Gasteiger partial charge is 0.272 e. The molecule has 0 amide bonds. The Morgan fingerprint density at radius 1 is 1.44 bits per heavy atom. The SMILES string of the molecule is Cc1ccc(-c2cc(N)n[nH]2)cc1[N+](=O)[O-]. The Labute approximate surface area is 91.2 Å². The minimum absolute atomic E-state index is 0.0886. The summed E-state index contributed by atoms with van der Waals surface area (Å²) in [6.45, 7) is 1.70.